The Morgan fingerprint density at radius 3 is 2.41 bits per heavy atom. The van der Waals surface area contributed by atoms with Gasteiger partial charge in [-0.15, -0.1) is 0 Å². The number of carbonyl (C=O) groups is 2. The van der Waals surface area contributed by atoms with Crippen molar-refractivity contribution < 1.29 is 9.59 Å². The van der Waals surface area contributed by atoms with Gasteiger partial charge in [0.1, 0.15) is 0 Å². The second-order valence-electron chi connectivity index (χ2n) is 4.17. The molecule has 0 bridgehead atoms. The number of nitrogens with two attached hydrogens (primary N) is 1. The van der Waals surface area contributed by atoms with Crippen molar-refractivity contribution in [3.8, 4) is 0 Å². The quantitative estimate of drug-likeness (QED) is 0.450. The summed E-state index contributed by atoms with van der Waals surface area (Å²) in [5.41, 5.74) is 4.91. The Bertz CT molecular complexity index is 246. The first-order chi connectivity index (χ1) is 7.97. The van der Waals surface area contributed by atoms with Crippen LogP contribution in [0.25, 0.3) is 0 Å². The van der Waals surface area contributed by atoms with Gasteiger partial charge in [-0.25, -0.2) is 4.79 Å². The Labute approximate surface area is 103 Å². The minimum atomic E-state index is -0.555. The lowest BCUT2D eigenvalue weighted by molar-refractivity contribution is -0.123. The molecule has 0 aliphatic rings. The van der Waals surface area contributed by atoms with Crippen molar-refractivity contribution in [1.82, 2.24) is 16.0 Å². The van der Waals surface area contributed by atoms with Crippen LogP contribution in [0.1, 0.15) is 33.6 Å². The highest BCUT2D eigenvalue weighted by molar-refractivity contribution is 5.81. The molecule has 3 amide bonds. The summed E-state index contributed by atoms with van der Waals surface area (Å²) in [5.74, 6) is -0.0231. The highest BCUT2D eigenvalue weighted by Gasteiger charge is 2.13. The molecule has 0 fully saturated rings. The van der Waals surface area contributed by atoms with E-state index in [1.54, 1.807) is 6.92 Å². The minimum absolute atomic E-state index is 0.0231. The van der Waals surface area contributed by atoms with Gasteiger partial charge in [0.15, 0.2) is 0 Å². The molecule has 0 saturated carbocycles. The molecule has 0 aliphatic heterocycles. The van der Waals surface area contributed by atoms with Gasteiger partial charge in [0, 0.05) is 19.1 Å². The third-order valence-corrected chi connectivity index (χ3v) is 2.38. The zero-order valence-electron chi connectivity index (χ0n) is 10.9. The smallest absolute Gasteiger partial charge is 0.312 e. The predicted octanol–water partition coefficient (Wildman–Crippen LogP) is -0.0624. The molecule has 6 nitrogen and oxygen atoms in total. The van der Waals surface area contributed by atoms with Gasteiger partial charge < -0.3 is 21.7 Å². The average Bonchev–Trinajstić information content (AvgIpc) is 2.23. The largest absolute Gasteiger partial charge is 0.352 e. The molecular formula is C11H24N4O2. The molecule has 0 rings (SSSR count). The summed E-state index contributed by atoms with van der Waals surface area (Å²) in [6.45, 7) is 6.79. The standard InChI is InChI=1S/C11H24N4O2/c1-4-5-8(2)15-10(16)9(3)13-6-7-14-11(12)17/h8-9,13H,4-7H2,1-3H3,(H,15,16)(H3,12,14,17). The summed E-state index contributed by atoms with van der Waals surface area (Å²) in [7, 11) is 0. The first-order valence-corrected chi connectivity index (χ1v) is 6.04. The van der Waals surface area contributed by atoms with Crippen molar-refractivity contribution in [2.24, 2.45) is 5.73 Å². The van der Waals surface area contributed by atoms with Crippen LogP contribution in [-0.2, 0) is 4.79 Å². The molecule has 6 heteroatoms. The summed E-state index contributed by atoms with van der Waals surface area (Å²) in [4.78, 5) is 22.1. The zero-order chi connectivity index (χ0) is 13.3. The van der Waals surface area contributed by atoms with Gasteiger partial charge in [-0.2, -0.15) is 0 Å². The molecule has 5 N–H and O–H groups in total. The third-order valence-electron chi connectivity index (χ3n) is 2.38. The van der Waals surface area contributed by atoms with Gasteiger partial charge in [-0.3, -0.25) is 4.79 Å². The molecule has 0 radical (unpaired) electrons. The summed E-state index contributed by atoms with van der Waals surface area (Å²) in [6, 6.07) is -0.634. The Kier molecular flexibility index (Phi) is 8.13. The second kappa shape index (κ2) is 8.81. The van der Waals surface area contributed by atoms with E-state index in [2.05, 4.69) is 22.9 Å². The molecule has 0 aromatic rings. The highest BCUT2D eigenvalue weighted by Crippen LogP contribution is 1.95. The van der Waals surface area contributed by atoms with E-state index in [0.29, 0.717) is 13.1 Å². The Morgan fingerprint density at radius 1 is 1.24 bits per heavy atom. The lowest BCUT2D eigenvalue weighted by Gasteiger charge is -2.18. The van der Waals surface area contributed by atoms with Gasteiger partial charge in [-0.05, 0) is 20.3 Å². The van der Waals surface area contributed by atoms with Crippen LogP contribution in [0.2, 0.25) is 0 Å². The molecule has 100 valence electrons. The molecular weight excluding hydrogens is 220 g/mol. The molecule has 0 saturated heterocycles. The van der Waals surface area contributed by atoms with Crippen LogP contribution in [0, 0.1) is 0 Å². The fourth-order valence-corrected chi connectivity index (χ4v) is 1.44. The molecule has 0 aliphatic carbocycles. The number of hydrogen-bond acceptors (Lipinski definition) is 3. The molecule has 0 aromatic heterocycles. The third kappa shape index (κ3) is 8.50. The molecule has 0 heterocycles. The van der Waals surface area contributed by atoms with E-state index in [0.717, 1.165) is 12.8 Å². The zero-order valence-corrected chi connectivity index (χ0v) is 10.9. The van der Waals surface area contributed by atoms with Crippen LogP contribution >= 0.6 is 0 Å². The maximum absolute atomic E-state index is 11.7. The number of primary amides is 1. The van der Waals surface area contributed by atoms with Crippen LogP contribution < -0.4 is 21.7 Å². The van der Waals surface area contributed by atoms with E-state index in [4.69, 9.17) is 5.73 Å². The molecule has 2 atom stereocenters. The van der Waals surface area contributed by atoms with E-state index in [9.17, 15) is 9.59 Å². The number of carbonyl (C=O) groups excluding carboxylic acids is 2. The van der Waals surface area contributed by atoms with Gasteiger partial charge >= 0.3 is 6.03 Å². The highest BCUT2D eigenvalue weighted by atomic mass is 16.2. The monoisotopic (exact) mass is 244 g/mol. The number of hydrogen-bond donors (Lipinski definition) is 4. The van der Waals surface area contributed by atoms with Crippen molar-refractivity contribution in [2.75, 3.05) is 13.1 Å². The fraction of sp³-hybridized carbons (Fsp3) is 0.818. The van der Waals surface area contributed by atoms with Gasteiger partial charge in [0.25, 0.3) is 0 Å². The molecule has 2 unspecified atom stereocenters. The SMILES string of the molecule is CCCC(C)NC(=O)C(C)NCCNC(N)=O. The van der Waals surface area contributed by atoms with Crippen molar-refractivity contribution in [2.45, 2.75) is 45.7 Å². The summed E-state index contributed by atoms with van der Waals surface area (Å²) >= 11 is 0. The lowest BCUT2D eigenvalue weighted by atomic mass is 10.2. The average molecular weight is 244 g/mol. The molecule has 17 heavy (non-hydrogen) atoms. The van der Waals surface area contributed by atoms with Gasteiger partial charge in [0.2, 0.25) is 5.91 Å². The fourth-order valence-electron chi connectivity index (χ4n) is 1.44. The maximum atomic E-state index is 11.7. The second-order valence-corrected chi connectivity index (χ2v) is 4.17. The normalized spacial score (nSPS) is 13.8. The van der Waals surface area contributed by atoms with Crippen LogP contribution in [0.5, 0.6) is 0 Å². The van der Waals surface area contributed by atoms with E-state index >= 15 is 0 Å². The number of nitrogens with one attached hydrogen (secondary N) is 3. The van der Waals surface area contributed by atoms with E-state index < -0.39 is 6.03 Å². The van der Waals surface area contributed by atoms with Crippen LogP contribution in [0.15, 0.2) is 0 Å². The van der Waals surface area contributed by atoms with Crippen molar-refractivity contribution >= 4 is 11.9 Å². The predicted molar refractivity (Wildman–Crippen MR) is 67.6 cm³/mol. The summed E-state index contributed by atoms with van der Waals surface area (Å²) < 4.78 is 0. The summed E-state index contributed by atoms with van der Waals surface area (Å²) in [6.07, 6.45) is 2.02. The van der Waals surface area contributed by atoms with Crippen LogP contribution in [-0.4, -0.2) is 37.1 Å². The number of urea groups is 1. The van der Waals surface area contributed by atoms with Crippen LogP contribution in [0.3, 0.4) is 0 Å². The first-order valence-electron chi connectivity index (χ1n) is 6.04. The van der Waals surface area contributed by atoms with Crippen molar-refractivity contribution in [3.63, 3.8) is 0 Å². The van der Waals surface area contributed by atoms with E-state index in [1.807, 2.05) is 6.92 Å². The van der Waals surface area contributed by atoms with E-state index in [-0.39, 0.29) is 18.0 Å². The van der Waals surface area contributed by atoms with Crippen LogP contribution in [0.4, 0.5) is 4.79 Å². The summed E-state index contributed by atoms with van der Waals surface area (Å²) in [5, 5.41) is 8.37. The Morgan fingerprint density at radius 2 is 1.88 bits per heavy atom. The lowest BCUT2D eigenvalue weighted by Crippen LogP contribution is -2.47. The van der Waals surface area contributed by atoms with Crippen molar-refractivity contribution in [1.29, 1.82) is 0 Å². The maximum Gasteiger partial charge on any atom is 0.312 e. The van der Waals surface area contributed by atoms with Crippen molar-refractivity contribution in [3.05, 3.63) is 0 Å². The molecule has 0 spiro atoms. The number of rotatable bonds is 8. The Hall–Kier alpha value is -1.30. The van der Waals surface area contributed by atoms with Gasteiger partial charge in [0.05, 0.1) is 6.04 Å². The van der Waals surface area contributed by atoms with E-state index in [1.165, 1.54) is 0 Å². The first kappa shape index (κ1) is 15.7. The molecule has 0 aromatic carbocycles. The Balaban J connectivity index is 3.70. The topological polar surface area (TPSA) is 96.2 Å². The minimum Gasteiger partial charge on any atom is -0.352 e. The number of amides is 3. The van der Waals surface area contributed by atoms with Gasteiger partial charge in [-0.1, -0.05) is 13.3 Å².